The lowest BCUT2D eigenvalue weighted by Gasteiger charge is -2.32. The molecule has 2 fully saturated rings. The van der Waals surface area contributed by atoms with Gasteiger partial charge in [-0.15, -0.1) is 24.0 Å². The molecule has 8 nitrogen and oxygen atoms in total. The summed E-state index contributed by atoms with van der Waals surface area (Å²) in [6.45, 7) is 11.2. The summed E-state index contributed by atoms with van der Waals surface area (Å²) in [5.41, 5.74) is 1.09. The van der Waals surface area contributed by atoms with Crippen LogP contribution in [0.5, 0.6) is 0 Å². The average molecular weight is 533 g/mol. The van der Waals surface area contributed by atoms with Crippen LogP contribution < -0.4 is 15.5 Å². The van der Waals surface area contributed by atoms with Crippen LogP contribution in [0.2, 0.25) is 0 Å². The second kappa shape index (κ2) is 14.0. The molecule has 1 aromatic heterocycles. The third-order valence-electron chi connectivity index (χ3n) is 4.99. The summed E-state index contributed by atoms with van der Waals surface area (Å²) >= 11 is 0. The average Bonchev–Trinajstić information content (AvgIpc) is 3.25. The Hall–Kier alpha value is -1.17. The van der Waals surface area contributed by atoms with Gasteiger partial charge in [0.25, 0.3) is 0 Å². The number of nitrogens with zero attached hydrogens (tertiary/aromatic N) is 3. The van der Waals surface area contributed by atoms with E-state index >= 15 is 0 Å². The zero-order valence-corrected chi connectivity index (χ0v) is 20.5. The fraction of sp³-hybridized carbons (Fsp3) is 0.714. The first kappa shape index (κ1) is 25.1. The summed E-state index contributed by atoms with van der Waals surface area (Å²) < 4.78 is 16.7. The van der Waals surface area contributed by atoms with Crippen molar-refractivity contribution in [2.45, 2.75) is 45.4 Å². The van der Waals surface area contributed by atoms with Gasteiger partial charge in [0, 0.05) is 45.6 Å². The standard InChI is InChI=1S/C21H35N5O3.HI/c1-3-22-21(23-8-4-10-29-19-7-11-27-16-19)25-14-18-5-6-20(24-13-18)26-9-12-28-17(2)15-26;/h5-6,13,17,19H,3-4,7-12,14-16H2,1-2H3,(H2,22,23,25);1H. The topological polar surface area (TPSA) is 80.2 Å². The van der Waals surface area contributed by atoms with Crippen molar-refractivity contribution in [2.75, 3.05) is 57.5 Å². The predicted octanol–water partition coefficient (Wildman–Crippen LogP) is 2.18. The van der Waals surface area contributed by atoms with E-state index in [1.165, 1.54) is 0 Å². The summed E-state index contributed by atoms with van der Waals surface area (Å²) in [5, 5.41) is 6.66. The number of guanidine groups is 1. The molecular formula is C21H36IN5O3. The van der Waals surface area contributed by atoms with Gasteiger partial charge in [-0.05, 0) is 38.3 Å². The summed E-state index contributed by atoms with van der Waals surface area (Å²) in [7, 11) is 0. The first-order chi connectivity index (χ1) is 14.2. The maximum Gasteiger partial charge on any atom is 0.191 e. The summed E-state index contributed by atoms with van der Waals surface area (Å²) in [4.78, 5) is 11.6. The molecule has 3 rings (SSSR count). The number of rotatable bonds is 9. The Bertz CT molecular complexity index is 626. The van der Waals surface area contributed by atoms with Crippen molar-refractivity contribution in [3.05, 3.63) is 23.9 Å². The first-order valence-electron chi connectivity index (χ1n) is 10.8. The van der Waals surface area contributed by atoms with Crippen LogP contribution in [0.4, 0.5) is 5.82 Å². The Balaban J connectivity index is 0.00000320. The van der Waals surface area contributed by atoms with Crippen LogP contribution in [0.1, 0.15) is 32.3 Å². The van der Waals surface area contributed by atoms with Crippen LogP contribution in [-0.4, -0.2) is 75.8 Å². The van der Waals surface area contributed by atoms with E-state index in [1.807, 2.05) is 6.20 Å². The minimum Gasteiger partial charge on any atom is -0.379 e. The Morgan fingerprint density at radius 2 is 2.23 bits per heavy atom. The third-order valence-corrected chi connectivity index (χ3v) is 4.99. The van der Waals surface area contributed by atoms with Crippen LogP contribution in [-0.2, 0) is 20.8 Å². The fourth-order valence-corrected chi connectivity index (χ4v) is 3.41. The highest BCUT2D eigenvalue weighted by Gasteiger charge is 2.17. The van der Waals surface area contributed by atoms with Gasteiger partial charge in [0.15, 0.2) is 5.96 Å². The zero-order chi connectivity index (χ0) is 20.3. The summed E-state index contributed by atoms with van der Waals surface area (Å²) in [6.07, 6.45) is 4.39. The van der Waals surface area contributed by atoms with Crippen molar-refractivity contribution in [3.63, 3.8) is 0 Å². The van der Waals surface area contributed by atoms with Crippen LogP contribution in [0, 0.1) is 0 Å². The maximum atomic E-state index is 5.80. The number of aliphatic imine (C=N–C) groups is 1. The van der Waals surface area contributed by atoms with Crippen molar-refractivity contribution in [1.29, 1.82) is 0 Å². The molecule has 0 aromatic carbocycles. The lowest BCUT2D eigenvalue weighted by molar-refractivity contribution is 0.0420. The second-order valence-corrected chi connectivity index (χ2v) is 7.48. The van der Waals surface area contributed by atoms with Crippen LogP contribution >= 0.6 is 24.0 Å². The normalized spacial score (nSPS) is 21.9. The minimum absolute atomic E-state index is 0. The number of hydrogen-bond donors (Lipinski definition) is 2. The van der Waals surface area contributed by atoms with E-state index in [2.05, 4.69) is 51.5 Å². The fourth-order valence-electron chi connectivity index (χ4n) is 3.41. The number of halogens is 1. The lowest BCUT2D eigenvalue weighted by Crippen LogP contribution is -2.41. The molecule has 30 heavy (non-hydrogen) atoms. The molecule has 3 heterocycles. The molecular weight excluding hydrogens is 497 g/mol. The van der Waals surface area contributed by atoms with Gasteiger partial charge >= 0.3 is 0 Å². The van der Waals surface area contributed by atoms with E-state index in [1.54, 1.807) is 0 Å². The SMILES string of the molecule is CCNC(=NCc1ccc(N2CCOC(C)C2)nc1)NCCCOC1CCOC1.I. The molecule has 170 valence electrons. The number of hydrogen-bond acceptors (Lipinski definition) is 6. The van der Waals surface area contributed by atoms with E-state index in [9.17, 15) is 0 Å². The van der Waals surface area contributed by atoms with Gasteiger partial charge in [0.1, 0.15) is 5.82 Å². The lowest BCUT2D eigenvalue weighted by atomic mass is 10.2. The van der Waals surface area contributed by atoms with E-state index in [0.717, 1.165) is 82.8 Å². The molecule has 1 aromatic rings. The molecule has 2 N–H and O–H groups in total. The third kappa shape index (κ3) is 8.52. The molecule has 2 atom stereocenters. The van der Waals surface area contributed by atoms with Gasteiger partial charge in [-0.1, -0.05) is 6.07 Å². The Kier molecular flexibility index (Phi) is 11.7. The second-order valence-electron chi connectivity index (χ2n) is 7.48. The number of morpholine rings is 1. The van der Waals surface area contributed by atoms with Gasteiger partial charge in [-0.25, -0.2) is 9.98 Å². The summed E-state index contributed by atoms with van der Waals surface area (Å²) in [5.74, 6) is 1.83. The van der Waals surface area contributed by atoms with Crippen molar-refractivity contribution < 1.29 is 14.2 Å². The highest BCUT2D eigenvalue weighted by molar-refractivity contribution is 14.0. The highest BCUT2D eigenvalue weighted by atomic mass is 127. The molecule has 2 aliphatic heterocycles. The predicted molar refractivity (Wildman–Crippen MR) is 130 cm³/mol. The van der Waals surface area contributed by atoms with Crippen molar-refractivity contribution in [3.8, 4) is 0 Å². The van der Waals surface area contributed by atoms with Crippen LogP contribution in [0.3, 0.4) is 0 Å². The number of ether oxygens (including phenoxy) is 3. The van der Waals surface area contributed by atoms with Gasteiger partial charge in [0.05, 0.1) is 32.0 Å². The van der Waals surface area contributed by atoms with Crippen LogP contribution in [0.15, 0.2) is 23.3 Å². The molecule has 0 radical (unpaired) electrons. The van der Waals surface area contributed by atoms with Crippen molar-refractivity contribution in [2.24, 2.45) is 4.99 Å². The van der Waals surface area contributed by atoms with Crippen molar-refractivity contribution >= 4 is 35.8 Å². The molecule has 2 aliphatic rings. The quantitative estimate of drug-likeness (QED) is 0.218. The minimum atomic E-state index is 0. The molecule has 9 heteroatoms. The molecule has 2 saturated heterocycles. The largest absolute Gasteiger partial charge is 0.379 e. The van der Waals surface area contributed by atoms with E-state index in [4.69, 9.17) is 14.2 Å². The molecule has 2 unspecified atom stereocenters. The number of nitrogens with one attached hydrogen (secondary N) is 2. The number of pyridine rings is 1. The van der Waals surface area contributed by atoms with E-state index in [-0.39, 0.29) is 36.2 Å². The molecule has 0 amide bonds. The molecule has 0 spiro atoms. The molecule has 0 saturated carbocycles. The van der Waals surface area contributed by atoms with E-state index < -0.39 is 0 Å². The Labute approximate surface area is 197 Å². The summed E-state index contributed by atoms with van der Waals surface area (Å²) in [6, 6.07) is 4.18. The zero-order valence-electron chi connectivity index (χ0n) is 18.1. The van der Waals surface area contributed by atoms with Gasteiger partial charge in [-0.3, -0.25) is 0 Å². The van der Waals surface area contributed by atoms with Gasteiger partial charge in [0.2, 0.25) is 0 Å². The Morgan fingerprint density at radius 3 is 2.93 bits per heavy atom. The van der Waals surface area contributed by atoms with Crippen LogP contribution in [0.25, 0.3) is 0 Å². The van der Waals surface area contributed by atoms with Gasteiger partial charge in [-0.2, -0.15) is 0 Å². The first-order valence-corrected chi connectivity index (χ1v) is 10.8. The molecule has 0 bridgehead atoms. The number of anilines is 1. The van der Waals surface area contributed by atoms with Crippen molar-refractivity contribution in [1.82, 2.24) is 15.6 Å². The highest BCUT2D eigenvalue weighted by Crippen LogP contribution is 2.15. The monoisotopic (exact) mass is 533 g/mol. The number of aromatic nitrogens is 1. The van der Waals surface area contributed by atoms with Gasteiger partial charge < -0.3 is 29.7 Å². The Morgan fingerprint density at radius 1 is 1.33 bits per heavy atom. The maximum absolute atomic E-state index is 5.80. The smallest absolute Gasteiger partial charge is 0.191 e. The molecule has 0 aliphatic carbocycles. The van der Waals surface area contributed by atoms with E-state index in [0.29, 0.717) is 6.54 Å².